The van der Waals surface area contributed by atoms with Crippen molar-refractivity contribution in [1.82, 2.24) is 18.9 Å². The summed E-state index contributed by atoms with van der Waals surface area (Å²) in [6.07, 6.45) is 1.60. The Kier molecular flexibility index (Phi) is 4.27. The molecule has 0 aliphatic carbocycles. The number of benzene rings is 1. The van der Waals surface area contributed by atoms with Crippen LogP contribution in [0.2, 0.25) is 0 Å². The van der Waals surface area contributed by atoms with E-state index in [9.17, 15) is 4.79 Å². The van der Waals surface area contributed by atoms with E-state index in [1.54, 1.807) is 0 Å². The maximum atomic E-state index is 12.6. The van der Waals surface area contributed by atoms with Gasteiger partial charge in [-0.15, -0.1) is 5.10 Å². The molecule has 1 fully saturated rings. The van der Waals surface area contributed by atoms with E-state index in [0.29, 0.717) is 0 Å². The van der Waals surface area contributed by atoms with E-state index >= 15 is 0 Å². The van der Waals surface area contributed by atoms with Gasteiger partial charge in [-0.25, -0.2) is 0 Å². The topological polar surface area (TPSA) is 83.9 Å². The smallest absolute Gasteiger partial charge is 0.227 e. The van der Waals surface area contributed by atoms with E-state index in [4.69, 9.17) is 0 Å². The van der Waals surface area contributed by atoms with Crippen LogP contribution in [0.1, 0.15) is 18.5 Å². The fourth-order valence-electron chi connectivity index (χ4n) is 3.07. The van der Waals surface area contributed by atoms with Gasteiger partial charge in [0.1, 0.15) is 11.0 Å². The second-order valence-corrected chi connectivity index (χ2v) is 6.75. The molecular weight excluding hydrogens is 336 g/mol. The lowest BCUT2D eigenvalue weighted by molar-refractivity contribution is -0.120. The minimum atomic E-state index is -0.00323. The monoisotopic (exact) mass is 354 g/mol. The van der Waals surface area contributed by atoms with Crippen LogP contribution < -0.4 is 10.2 Å². The molecule has 1 aliphatic heterocycles. The molecule has 128 valence electrons. The standard InChI is InChI=1S/C17H18N6OS/c1-11-5-6-15(20-19-11)23-9-7-12(8-10-23)17(24)18-13-3-2-4-14-16(13)22-25-21-14/h2-6,12H,7-10H2,1H3,(H,18,24). The van der Waals surface area contributed by atoms with Crippen LogP contribution in [0.25, 0.3) is 11.0 Å². The predicted molar refractivity (Wildman–Crippen MR) is 97.8 cm³/mol. The number of nitrogens with one attached hydrogen (secondary N) is 1. The third-order valence-corrected chi connectivity index (χ3v) is 5.06. The summed E-state index contributed by atoms with van der Waals surface area (Å²) in [6, 6.07) is 9.61. The van der Waals surface area contributed by atoms with Gasteiger partial charge in [0.25, 0.3) is 0 Å². The summed E-state index contributed by atoms with van der Waals surface area (Å²) < 4.78 is 8.48. The number of hydrogen-bond donors (Lipinski definition) is 1. The third-order valence-electron chi connectivity index (χ3n) is 4.52. The van der Waals surface area contributed by atoms with Crippen molar-refractivity contribution in [3.8, 4) is 0 Å². The molecule has 7 nitrogen and oxygen atoms in total. The van der Waals surface area contributed by atoms with Crippen molar-refractivity contribution in [3.05, 3.63) is 36.0 Å². The van der Waals surface area contributed by atoms with Crippen molar-refractivity contribution < 1.29 is 4.79 Å². The third kappa shape index (κ3) is 3.30. The van der Waals surface area contributed by atoms with Crippen molar-refractivity contribution in [2.45, 2.75) is 19.8 Å². The first-order valence-electron chi connectivity index (χ1n) is 8.28. The molecule has 0 unspecified atom stereocenters. The van der Waals surface area contributed by atoms with Gasteiger partial charge < -0.3 is 10.2 Å². The lowest BCUT2D eigenvalue weighted by atomic mass is 9.95. The summed E-state index contributed by atoms with van der Waals surface area (Å²) in [5, 5.41) is 11.4. The quantitative estimate of drug-likeness (QED) is 0.778. The van der Waals surface area contributed by atoms with E-state index in [1.165, 1.54) is 0 Å². The molecule has 1 N–H and O–H groups in total. The molecule has 2 aromatic heterocycles. The molecule has 1 aromatic carbocycles. The number of aryl methyl sites for hydroxylation is 1. The zero-order valence-electron chi connectivity index (χ0n) is 13.8. The molecule has 25 heavy (non-hydrogen) atoms. The first-order valence-corrected chi connectivity index (χ1v) is 9.01. The van der Waals surface area contributed by atoms with Crippen LogP contribution in [0.4, 0.5) is 11.5 Å². The number of nitrogens with zero attached hydrogens (tertiary/aromatic N) is 5. The van der Waals surface area contributed by atoms with Crippen molar-refractivity contribution >= 4 is 40.2 Å². The molecule has 1 aliphatic rings. The average molecular weight is 354 g/mol. The van der Waals surface area contributed by atoms with Crippen LogP contribution in [0.15, 0.2) is 30.3 Å². The zero-order chi connectivity index (χ0) is 17.2. The molecule has 0 atom stereocenters. The highest BCUT2D eigenvalue weighted by atomic mass is 32.1. The first-order chi connectivity index (χ1) is 12.2. The Bertz CT molecular complexity index is 886. The Morgan fingerprint density at radius 1 is 1.16 bits per heavy atom. The molecule has 0 radical (unpaired) electrons. The van der Waals surface area contributed by atoms with Gasteiger partial charge in [-0.1, -0.05) is 6.07 Å². The predicted octanol–water partition coefficient (Wildman–Crippen LogP) is 2.64. The van der Waals surface area contributed by atoms with Crippen LogP contribution in [-0.4, -0.2) is 37.9 Å². The number of piperidine rings is 1. The molecule has 3 aromatic rings. The van der Waals surface area contributed by atoms with Gasteiger partial charge in [0.15, 0.2) is 5.82 Å². The fraction of sp³-hybridized carbons (Fsp3) is 0.353. The number of anilines is 2. The lowest BCUT2D eigenvalue weighted by Crippen LogP contribution is -2.38. The zero-order valence-corrected chi connectivity index (χ0v) is 14.7. The number of rotatable bonds is 3. The summed E-state index contributed by atoms with van der Waals surface area (Å²) >= 11 is 1.16. The highest BCUT2D eigenvalue weighted by molar-refractivity contribution is 7.00. The number of carbonyl (C=O) groups is 1. The Balaban J connectivity index is 1.39. The maximum Gasteiger partial charge on any atom is 0.227 e. The van der Waals surface area contributed by atoms with Crippen LogP contribution in [0, 0.1) is 12.8 Å². The molecule has 8 heteroatoms. The number of fused-ring (bicyclic) bond motifs is 1. The van der Waals surface area contributed by atoms with Gasteiger partial charge in [-0.05, 0) is 44.0 Å². The van der Waals surface area contributed by atoms with Gasteiger partial charge in [-0.3, -0.25) is 4.79 Å². The SMILES string of the molecule is Cc1ccc(N2CCC(C(=O)Nc3cccc4nsnc34)CC2)nn1. The highest BCUT2D eigenvalue weighted by Crippen LogP contribution is 2.25. The van der Waals surface area contributed by atoms with Gasteiger partial charge in [-0.2, -0.15) is 13.8 Å². The second kappa shape index (κ2) is 6.72. The largest absolute Gasteiger partial charge is 0.355 e. The van der Waals surface area contributed by atoms with Gasteiger partial charge in [0.2, 0.25) is 5.91 Å². The van der Waals surface area contributed by atoms with E-state index < -0.39 is 0 Å². The number of carbonyl (C=O) groups excluding carboxylic acids is 1. The first kappa shape index (κ1) is 15.9. The van der Waals surface area contributed by atoms with Crippen molar-refractivity contribution in [1.29, 1.82) is 0 Å². The molecule has 0 bridgehead atoms. The van der Waals surface area contributed by atoms with E-state index in [0.717, 1.165) is 65.9 Å². The Hall–Kier alpha value is -2.61. The Labute approximate surface area is 149 Å². The van der Waals surface area contributed by atoms with E-state index in [2.05, 4.69) is 29.2 Å². The minimum absolute atomic E-state index is 0.00323. The summed E-state index contributed by atoms with van der Waals surface area (Å²) in [6.45, 7) is 3.53. The normalized spacial score (nSPS) is 15.5. The van der Waals surface area contributed by atoms with Crippen LogP contribution in [-0.2, 0) is 4.79 Å². The van der Waals surface area contributed by atoms with Gasteiger partial charge >= 0.3 is 0 Å². The average Bonchev–Trinajstić information content (AvgIpc) is 3.12. The number of hydrogen-bond acceptors (Lipinski definition) is 7. The highest BCUT2D eigenvalue weighted by Gasteiger charge is 2.26. The van der Waals surface area contributed by atoms with Crippen molar-refractivity contribution in [2.75, 3.05) is 23.3 Å². The van der Waals surface area contributed by atoms with Crippen LogP contribution in [0.3, 0.4) is 0 Å². The number of aromatic nitrogens is 4. The molecular formula is C17H18N6OS. The van der Waals surface area contributed by atoms with Gasteiger partial charge in [0, 0.05) is 19.0 Å². The minimum Gasteiger partial charge on any atom is -0.355 e. The lowest BCUT2D eigenvalue weighted by Gasteiger charge is -2.31. The molecule has 1 amide bonds. The summed E-state index contributed by atoms with van der Waals surface area (Å²) in [4.78, 5) is 14.8. The summed E-state index contributed by atoms with van der Waals surface area (Å²) in [7, 11) is 0. The Morgan fingerprint density at radius 2 is 2.00 bits per heavy atom. The second-order valence-electron chi connectivity index (χ2n) is 6.22. The molecule has 1 saturated heterocycles. The molecule has 3 heterocycles. The fourth-order valence-corrected chi connectivity index (χ4v) is 3.62. The molecule has 4 rings (SSSR count). The van der Waals surface area contributed by atoms with Crippen molar-refractivity contribution in [3.63, 3.8) is 0 Å². The summed E-state index contributed by atoms with van der Waals surface area (Å²) in [5.41, 5.74) is 3.22. The maximum absolute atomic E-state index is 12.6. The van der Waals surface area contributed by atoms with E-state index in [-0.39, 0.29) is 11.8 Å². The summed E-state index contributed by atoms with van der Waals surface area (Å²) in [5.74, 6) is 0.925. The van der Waals surface area contributed by atoms with Crippen LogP contribution >= 0.6 is 11.7 Å². The van der Waals surface area contributed by atoms with Crippen molar-refractivity contribution in [2.24, 2.45) is 5.92 Å². The Morgan fingerprint density at radius 3 is 2.76 bits per heavy atom. The van der Waals surface area contributed by atoms with Gasteiger partial charge in [0.05, 0.1) is 23.1 Å². The van der Waals surface area contributed by atoms with Crippen LogP contribution in [0.5, 0.6) is 0 Å². The van der Waals surface area contributed by atoms with E-state index in [1.807, 2.05) is 37.3 Å². The number of amides is 1. The molecule has 0 spiro atoms. The molecule has 0 saturated carbocycles.